The molecule has 1 N–H and O–H groups in total. The molecule has 32 heavy (non-hydrogen) atoms. The van der Waals surface area contributed by atoms with Gasteiger partial charge in [-0.3, -0.25) is 4.98 Å². The molecule has 0 aliphatic rings. The van der Waals surface area contributed by atoms with E-state index in [1.165, 1.54) is 30.5 Å². The van der Waals surface area contributed by atoms with Crippen LogP contribution < -0.4 is 34.7 Å². The molecule has 2 aromatic rings. The fraction of sp³-hybridized carbons (Fsp3) is 0.500. The van der Waals surface area contributed by atoms with Crippen LogP contribution in [-0.4, -0.2) is 35.6 Å². The Labute approximate surface area is 196 Å². The molecule has 0 aliphatic carbocycles. The maximum absolute atomic E-state index is 8.55. The number of nitrogens with zero attached hydrogens (tertiary/aromatic N) is 2. The number of pyridine rings is 1. The van der Waals surface area contributed by atoms with Crippen LogP contribution in [0, 0.1) is 0 Å². The van der Waals surface area contributed by atoms with Crippen molar-refractivity contribution in [1.29, 1.82) is 0 Å². The summed E-state index contributed by atoms with van der Waals surface area (Å²) in [6.45, 7) is 10.2. The van der Waals surface area contributed by atoms with Gasteiger partial charge in [-0.2, -0.15) is 15.6 Å². The minimum absolute atomic E-state index is 0.463. The zero-order valence-corrected chi connectivity index (χ0v) is 21.3. The lowest BCUT2D eigenvalue weighted by molar-refractivity contribution is -0.434. The highest BCUT2D eigenvalue weighted by atomic mass is 79.9. The fourth-order valence-electron chi connectivity index (χ4n) is 2.75. The van der Waals surface area contributed by atoms with E-state index in [4.69, 9.17) is 38.5 Å². The van der Waals surface area contributed by atoms with E-state index in [0.717, 1.165) is 23.1 Å². The summed E-state index contributed by atoms with van der Waals surface area (Å²) >= 11 is 3.50. The van der Waals surface area contributed by atoms with E-state index in [1.54, 1.807) is 0 Å². The Bertz CT molecular complexity index is 868. The number of hydrogen-bond acceptors (Lipinski definition) is 11. The molecule has 2 rings (SSSR count). The Morgan fingerprint density at radius 1 is 1.03 bits per heavy atom. The molecule has 1 aromatic carbocycles. The monoisotopic (exact) mass is 553 g/mol. The summed E-state index contributed by atoms with van der Waals surface area (Å²) < 4.78 is 18.2. The van der Waals surface area contributed by atoms with Gasteiger partial charge in [-0.1, -0.05) is 29.8 Å². The van der Waals surface area contributed by atoms with Crippen molar-refractivity contribution in [3.05, 3.63) is 34.9 Å². The van der Waals surface area contributed by atoms with E-state index >= 15 is 0 Å². The predicted molar refractivity (Wildman–Crippen MR) is 115 cm³/mol. The zero-order chi connectivity index (χ0) is 24.9. The Balaban J connectivity index is 0.000000805. The SMILES string of the molecule is CCN(CC)CCCC(C)Nc1ccnc2cc(Br)ccc12.O=P([O-])([O-])[O-].O=P([O-])([O-])[O-]. The van der Waals surface area contributed by atoms with Gasteiger partial charge in [0.1, 0.15) is 0 Å². The van der Waals surface area contributed by atoms with E-state index in [1.807, 2.05) is 6.20 Å². The number of rotatable bonds is 8. The molecule has 0 saturated heterocycles. The number of anilines is 1. The number of phosphoric acid groups is 2. The zero-order valence-electron chi connectivity index (χ0n) is 17.9. The van der Waals surface area contributed by atoms with Gasteiger partial charge in [-0.25, -0.2) is 0 Å². The van der Waals surface area contributed by atoms with Crippen molar-refractivity contribution in [2.45, 2.75) is 39.7 Å². The number of fused-ring (bicyclic) bond motifs is 1. The van der Waals surface area contributed by atoms with Crippen LogP contribution in [0.15, 0.2) is 34.9 Å². The quantitative estimate of drug-likeness (QED) is 0.403. The normalized spacial score (nSPS) is 12.5. The molecule has 11 nitrogen and oxygen atoms in total. The van der Waals surface area contributed by atoms with Crippen LogP contribution in [0.2, 0.25) is 0 Å². The van der Waals surface area contributed by atoms with Crippen LogP contribution in [0.1, 0.15) is 33.6 Å². The first kappa shape index (κ1) is 31.1. The summed E-state index contributed by atoms with van der Waals surface area (Å²) in [5.41, 5.74) is 2.20. The summed E-state index contributed by atoms with van der Waals surface area (Å²) in [6, 6.07) is 8.78. The summed E-state index contributed by atoms with van der Waals surface area (Å²) in [5, 5.41) is 4.82. The largest absolute Gasteiger partial charge is 0.822 e. The number of benzene rings is 1. The lowest BCUT2D eigenvalue weighted by Gasteiger charge is -2.36. The minimum Gasteiger partial charge on any atom is -0.822 e. The van der Waals surface area contributed by atoms with E-state index in [0.29, 0.717) is 6.04 Å². The summed E-state index contributed by atoms with van der Waals surface area (Å²) in [7, 11) is -10.8. The van der Waals surface area contributed by atoms with Crippen molar-refractivity contribution in [2.24, 2.45) is 0 Å². The Hall–Kier alpha value is -0.910. The van der Waals surface area contributed by atoms with Gasteiger partial charge in [-0.15, -0.1) is 0 Å². The van der Waals surface area contributed by atoms with Gasteiger partial charge in [0.05, 0.1) is 5.52 Å². The van der Waals surface area contributed by atoms with Crippen LogP contribution >= 0.6 is 31.6 Å². The second-order valence-corrected chi connectivity index (χ2v) is 9.33. The second kappa shape index (κ2) is 15.1. The van der Waals surface area contributed by atoms with Crippen LogP contribution in [0.3, 0.4) is 0 Å². The molecule has 0 saturated carbocycles. The molecular weight excluding hydrogens is 528 g/mol. The van der Waals surface area contributed by atoms with Crippen molar-refractivity contribution in [2.75, 3.05) is 25.0 Å². The van der Waals surface area contributed by atoms with Gasteiger partial charge in [0.15, 0.2) is 0 Å². The van der Waals surface area contributed by atoms with Gasteiger partial charge in [0.25, 0.3) is 0 Å². The maximum atomic E-state index is 8.55. The average Bonchev–Trinajstić information content (AvgIpc) is 2.62. The van der Waals surface area contributed by atoms with Gasteiger partial charge in [-0.05, 0) is 63.7 Å². The first-order valence-corrected chi connectivity index (χ1v) is 13.3. The molecule has 0 amide bonds. The fourth-order valence-corrected chi connectivity index (χ4v) is 3.09. The van der Waals surface area contributed by atoms with E-state index < -0.39 is 15.6 Å². The molecule has 1 unspecified atom stereocenters. The van der Waals surface area contributed by atoms with Crippen LogP contribution in [0.25, 0.3) is 10.9 Å². The molecule has 1 heterocycles. The Morgan fingerprint density at radius 2 is 1.56 bits per heavy atom. The number of hydrogen-bond donors (Lipinski definition) is 1. The molecule has 0 aliphatic heterocycles. The summed E-state index contributed by atoms with van der Waals surface area (Å²) in [6.07, 6.45) is 4.28. The minimum atomic E-state index is -5.39. The number of aromatic nitrogens is 1. The van der Waals surface area contributed by atoms with Crippen LogP contribution in [-0.2, 0) is 9.13 Å². The molecule has 0 spiro atoms. The smallest absolute Gasteiger partial charge is 0.0733 e. The number of halogens is 1. The molecule has 184 valence electrons. The third-order valence-corrected chi connectivity index (χ3v) is 4.61. The molecular formula is C18H26BrN3O8P2-6. The van der Waals surface area contributed by atoms with Crippen molar-refractivity contribution in [3.63, 3.8) is 0 Å². The Morgan fingerprint density at radius 3 is 2.06 bits per heavy atom. The standard InChI is InChI=1S/C18H26BrN3.2H3O4P/c1-4-22(5-2)12-6-7-14(3)21-17-10-11-20-18-13-15(19)8-9-16(17)18;2*1-5(2,3)4/h8-11,13-14H,4-7,12H2,1-3H3,(H,20,21);2*(H3,1,2,3,4)/p-6. The Kier molecular flexibility index (Phi) is 14.7. The molecule has 0 bridgehead atoms. The predicted octanol–water partition coefficient (Wildman–Crippen LogP) is -0.729. The third kappa shape index (κ3) is 17.6. The second-order valence-electron chi connectivity index (χ2n) is 6.63. The maximum Gasteiger partial charge on any atom is 0.0733 e. The van der Waals surface area contributed by atoms with Crippen LogP contribution in [0.5, 0.6) is 0 Å². The van der Waals surface area contributed by atoms with Gasteiger partial charge < -0.3 is 48.7 Å². The number of nitrogens with one attached hydrogen (secondary N) is 1. The highest BCUT2D eigenvalue weighted by molar-refractivity contribution is 9.10. The topological polar surface area (TPSA) is 201 Å². The van der Waals surface area contributed by atoms with Crippen molar-refractivity contribution < 1.29 is 38.5 Å². The molecule has 1 aromatic heterocycles. The van der Waals surface area contributed by atoms with Gasteiger partial charge in [0.2, 0.25) is 0 Å². The molecule has 0 radical (unpaired) electrons. The highest BCUT2D eigenvalue weighted by Gasteiger charge is 2.07. The molecule has 1 atom stereocenters. The van der Waals surface area contributed by atoms with Crippen molar-refractivity contribution in [1.82, 2.24) is 9.88 Å². The van der Waals surface area contributed by atoms with E-state index in [-0.39, 0.29) is 0 Å². The van der Waals surface area contributed by atoms with E-state index in [2.05, 4.69) is 76.2 Å². The first-order chi connectivity index (χ1) is 14.6. The molecule has 0 fully saturated rings. The summed E-state index contributed by atoms with van der Waals surface area (Å²) in [4.78, 5) is 58.2. The lowest BCUT2D eigenvalue weighted by atomic mass is 10.1. The lowest BCUT2D eigenvalue weighted by Crippen LogP contribution is -2.25. The average molecular weight is 554 g/mol. The highest BCUT2D eigenvalue weighted by Crippen LogP contribution is 2.25. The van der Waals surface area contributed by atoms with Gasteiger partial charge in [0, 0.05) is 27.8 Å². The van der Waals surface area contributed by atoms with E-state index in [9.17, 15) is 0 Å². The van der Waals surface area contributed by atoms with Crippen molar-refractivity contribution in [3.8, 4) is 0 Å². The van der Waals surface area contributed by atoms with Gasteiger partial charge >= 0.3 is 0 Å². The first-order valence-electron chi connectivity index (χ1n) is 9.63. The summed E-state index contributed by atoms with van der Waals surface area (Å²) in [5.74, 6) is 0. The van der Waals surface area contributed by atoms with Crippen LogP contribution in [0.4, 0.5) is 5.69 Å². The molecule has 14 heteroatoms. The third-order valence-electron chi connectivity index (χ3n) is 4.11. The van der Waals surface area contributed by atoms with Crippen molar-refractivity contribution >= 4 is 48.2 Å².